The maximum absolute atomic E-state index is 10.9. The van der Waals surface area contributed by atoms with Gasteiger partial charge >= 0.3 is 5.97 Å². The highest BCUT2D eigenvalue weighted by Crippen LogP contribution is 2.48. The van der Waals surface area contributed by atoms with E-state index >= 15 is 0 Å². The first kappa shape index (κ1) is 9.19. The van der Waals surface area contributed by atoms with Gasteiger partial charge in [0.15, 0.2) is 0 Å². The fourth-order valence-corrected chi connectivity index (χ4v) is 1.61. The Balaban J connectivity index is 2.11. The van der Waals surface area contributed by atoms with E-state index in [4.69, 9.17) is 5.11 Å². The molecule has 1 fully saturated rings. The number of aliphatic carboxylic acids is 1. The van der Waals surface area contributed by atoms with Crippen molar-refractivity contribution in [2.75, 3.05) is 0 Å². The number of nitrogens with zero attached hydrogens (tertiary/aromatic N) is 1. The number of carboxylic acids is 1. The molecule has 1 aromatic heterocycles. The summed E-state index contributed by atoms with van der Waals surface area (Å²) in [5, 5.41) is 9.00. The molecule has 1 saturated carbocycles. The molecule has 74 valence electrons. The number of aromatic nitrogens is 1. The quantitative estimate of drug-likeness (QED) is 0.792. The molecular formula is C11H13NO2. The van der Waals surface area contributed by atoms with Gasteiger partial charge in [-0.25, -0.2) is 0 Å². The Kier molecular flexibility index (Phi) is 2.02. The zero-order valence-electron chi connectivity index (χ0n) is 8.16. The molecular weight excluding hydrogens is 178 g/mol. The Hall–Kier alpha value is -1.38. The molecule has 0 saturated heterocycles. The smallest absolute Gasteiger partial charge is 0.309 e. The maximum atomic E-state index is 10.9. The molecule has 1 aromatic rings. The Bertz CT molecular complexity index is 352. The van der Waals surface area contributed by atoms with Crippen molar-refractivity contribution < 1.29 is 9.90 Å². The minimum absolute atomic E-state index is 0.475. The first-order chi connectivity index (χ1) is 6.62. The normalized spacial score (nSPS) is 17.8. The van der Waals surface area contributed by atoms with Gasteiger partial charge in [-0.05, 0) is 37.8 Å². The van der Waals surface area contributed by atoms with Crippen LogP contribution in [0.2, 0.25) is 0 Å². The summed E-state index contributed by atoms with van der Waals surface area (Å²) in [4.78, 5) is 15.1. The van der Waals surface area contributed by atoms with E-state index in [2.05, 4.69) is 4.98 Å². The highest BCUT2D eigenvalue weighted by Gasteiger charge is 2.49. The summed E-state index contributed by atoms with van der Waals surface area (Å²) < 4.78 is 0. The first-order valence-corrected chi connectivity index (χ1v) is 4.77. The number of hydrogen-bond acceptors (Lipinski definition) is 2. The SMILES string of the molecule is Cc1ccc(CC2(C(=O)O)CC2)cn1. The van der Waals surface area contributed by atoms with Crippen LogP contribution in [0.4, 0.5) is 0 Å². The topological polar surface area (TPSA) is 50.2 Å². The monoisotopic (exact) mass is 191 g/mol. The van der Waals surface area contributed by atoms with Crippen LogP contribution >= 0.6 is 0 Å². The molecule has 0 aromatic carbocycles. The van der Waals surface area contributed by atoms with E-state index in [1.165, 1.54) is 0 Å². The van der Waals surface area contributed by atoms with Crippen molar-refractivity contribution in [3.8, 4) is 0 Å². The summed E-state index contributed by atoms with van der Waals surface area (Å²) in [5.74, 6) is -0.668. The zero-order chi connectivity index (χ0) is 10.2. The minimum atomic E-state index is -0.668. The number of aryl methyl sites for hydroxylation is 1. The Morgan fingerprint density at radius 3 is 2.71 bits per heavy atom. The molecule has 0 unspecified atom stereocenters. The number of carboxylic acid groups (broad SMARTS) is 1. The molecule has 0 amide bonds. The lowest BCUT2D eigenvalue weighted by Crippen LogP contribution is -2.17. The summed E-state index contributed by atoms with van der Waals surface area (Å²) in [7, 11) is 0. The molecule has 0 atom stereocenters. The predicted octanol–water partition coefficient (Wildman–Crippen LogP) is 1.80. The van der Waals surface area contributed by atoms with Crippen molar-refractivity contribution >= 4 is 5.97 Å². The highest BCUT2D eigenvalue weighted by molar-refractivity contribution is 5.78. The Morgan fingerprint density at radius 2 is 2.29 bits per heavy atom. The molecule has 3 nitrogen and oxygen atoms in total. The van der Waals surface area contributed by atoms with Crippen molar-refractivity contribution in [1.82, 2.24) is 4.98 Å². The summed E-state index contributed by atoms with van der Waals surface area (Å²) in [6.45, 7) is 1.92. The van der Waals surface area contributed by atoms with E-state index in [-0.39, 0.29) is 0 Å². The van der Waals surface area contributed by atoms with Crippen molar-refractivity contribution in [1.29, 1.82) is 0 Å². The van der Waals surface area contributed by atoms with E-state index in [0.29, 0.717) is 6.42 Å². The van der Waals surface area contributed by atoms with Gasteiger partial charge in [0, 0.05) is 11.9 Å². The summed E-state index contributed by atoms with van der Waals surface area (Å²) in [5.41, 5.74) is 1.51. The zero-order valence-corrected chi connectivity index (χ0v) is 8.16. The van der Waals surface area contributed by atoms with Gasteiger partial charge in [-0.2, -0.15) is 0 Å². The van der Waals surface area contributed by atoms with Crippen LogP contribution in [-0.2, 0) is 11.2 Å². The van der Waals surface area contributed by atoms with Gasteiger partial charge in [0.25, 0.3) is 0 Å². The third kappa shape index (κ3) is 1.62. The molecule has 0 bridgehead atoms. The largest absolute Gasteiger partial charge is 0.481 e. The second-order valence-corrected chi connectivity index (χ2v) is 4.07. The van der Waals surface area contributed by atoms with Gasteiger partial charge in [0.1, 0.15) is 0 Å². The van der Waals surface area contributed by atoms with E-state index in [9.17, 15) is 4.79 Å². The standard InChI is InChI=1S/C11H13NO2/c1-8-2-3-9(7-12-8)6-11(4-5-11)10(13)14/h2-3,7H,4-6H2,1H3,(H,13,14). The van der Waals surface area contributed by atoms with Crippen LogP contribution in [0.15, 0.2) is 18.3 Å². The molecule has 1 aliphatic rings. The summed E-state index contributed by atoms with van der Waals surface area (Å²) in [6.07, 6.45) is 4.00. The average molecular weight is 191 g/mol. The average Bonchev–Trinajstić information content (AvgIpc) is 2.90. The van der Waals surface area contributed by atoms with Crippen molar-refractivity contribution in [3.63, 3.8) is 0 Å². The molecule has 1 N–H and O–H groups in total. The number of pyridine rings is 1. The molecule has 1 heterocycles. The molecule has 1 aliphatic carbocycles. The number of hydrogen-bond donors (Lipinski definition) is 1. The van der Waals surface area contributed by atoms with Gasteiger partial charge < -0.3 is 5.11 Å². The second-order valence-electron chi connectivity index (χ2n) is 4.07. The highest BCUT2D eigenvalue weighted by atomic mass is 16.4. The number of carbonyl (C=O) groups is 1. The third-order valence-corrected chi connectivity index (χ3v) is 2.82. The van der Waals surface area contributed by atoms with Crippen LogP contribution in [0.25, 0.3) is 0 Å². The van der Waals surface area contributed by atoms with Crippen LogP contribution < -0.4 is 0 Å². The van der Waals surface area contributed by atoms with Crippen LogP contribution in [-0.4, -0.2) is 16.1 Å². The second kappa shape index (κ2) is 3.08. The number of rotatable bonds is 3. The van der Waals surface area contributed by atoms with Crippen molar-refractivity contribution in [2.45, 2.75) is 26.2 Å². The molecule has 2 rings (SSSR count). The van der Waals surface area contributed by atoms with Gasteiger partial charge in [-0.1, -0.05) is 6.07 Å². The fraction of sp³-hybridized carbons (Fsp3) is 0.455. The maximum Gasteiger partial charge on any atom is 0.309 e. The van der Waals surface area contributed by atoms with Gasteiger partial charge in [-0.3, -0.25) is 9.78 Å². The lowest BCUT2D eigenvalue weighted by Gasteiger charge is -2.08. The molecule has 3 heteroatoms. The lowest BCUT2D eigenvalue weighted by molar-refractivity contribution is -0.143. The van der Waals surface area contributed by atoms with E-state index < -0.39 is 11.4 Å². The fourth-order valence-electron chi connectivity index (χ4n) is 1.61. The lowest BCUT2D eigenvalue weighted by atomic mass is 9.98. The molecule has 0 aliphatic heterocycles. The summed E-state index contributed by atoms with van der Waals surface area (Å²) >= 11 is 0. The van der Waals surface area contributed by atoms with E-state index in [0.717, 1.165) is 24.1 Å². The van der Waals surface area contributed by atoms with E-state index in [1.54, 1.807) is 6.20 Å². The Morgan fingerprint density at radius 1 is 1.57 bits per heavy atom. The van der Waals surface area contributed by atoms with E-state index in [1.807, 2.05) is 19.1 Å². The molecule has 0 spiro atoms. The summed E-state index contributed by atoms with van der Waals surface area (Å²) in [6, 6.07) is 3.89. The van der Waals surface area contributed by atoms with Crippen LogP contribution in [0.5, 0.6) is 0 Å². The van der Waals surface area contributed by atoms with Gasteiger partial charge in [-0.15, -0.1) is 0 Å². The minimum Gasteiger partial charge on any atom is -0.481 e. The van der Waals surface area contributed by atoms with Crippen LogP contribution in [0.1, 0.15) is 24.1 Å². The van der Waals surface area contributed by atoms with Gasteiger partial charge in [0.05, 0.1) is 5.41 Å². The Labute approximate surface area is 82.8 Å². The first-order valence-electron chi connectivity index (χ1n) is 4.77. The third-order valence-electron chi connectivity index (χ3n) is 2.82. The molecule has 14 heavy (non-hydrogen) atoms. The van der Waals surface area contributed by atoms with Gasteiger partial charge in [0.2, 0.25) is 0 Å². The van der Waals surface area contributed by atoms with Crippen molar-refractivity contribution in [3.05, 3.63) is 29.6 Å². The predicted molar refractivity (Wildman–Crippen MR) is 52.0 cm³/mol. The van der Waals surface area contributed by atoms with Crippen molar-refractivity contribution in [2.24, 2.45) is 5.41 Å². The van der Waals surface area contributed by atoms with Crippen LogP contribution in [0.3, 0.4) is 0 Å². The van der Waals surface area contributed by atoms with Crippen LogP contribution in [0, 0.1) is 12.3 Å². The molecule has 0 radical (unpaired) electrons.